The summed E-state index contributed by atoms with van der Waals surface area (Å²) >= 11 is 0. The van der Waals surface area contributed by atoms with Gasteiger partial charge in [0, 0.05) is 13.2 Å². The van der Waals surface area contributed by atoms with Crippen molar-refractivity contribution >= 4 is 0 Å². The lowest BCUT2D eigenvalue weighted by Crippen LogP contribution is -2.38. The number of rotatable bonds is 6. The first-order chi connectivity index (χ1) is 6.57. The zero-order valence-electron chi connectivity index (χ0n) is 10.1. The van der Waals surface area contributed by atoms with Gasteiger partial charge < -0.3 is 10.1 Å². The molecule has 1 aliphatic carbocycles. The van der Waals surface area contributed by atoms with Crippen molar-refractivity contribution in [3.63, 3.8) is 0 Å². The lowest BCUT2D eigenvalue weighted by atomic mass is 9.79. The second-order valence-electron chi connectivity index (χ2n) is 5.19. The van der Waals surface area contributed by atoms with Gasteiger partial charge in [0.05, 0.1) is 5.60 Å². The minimum absolute atomic E-state index is 0.0113. The first-order valence-electron chi connectivity index (χ1n) is 5.80. The van der Waals surface area contributed by atoms with Crippen molar-refractivity contribution in [3.8, 4) is 0 Å². The second kappa shape index (κ2) is 5.13. The number of hydrogen-bond acceptors (Lipinski definition) is 2. The topological polar surface area (TPSA) is 21.3 Å². The van der Waals surface area contributed by atoms with Gasteiger partial charge in [-0.25, -0.2) is 0 Å². The van der Waals surface area contributed by atoms with Gasteiger partial charge in [-0.15, -0.1) is 0 Å². The van der Waals surface area contributed by atoms with Crippen LogP contribution in [-0.4, -0.2) is 25.8 Å². The summed E-state index contributed by atoms with van der Waals surface area (Å²) in [6, 6.07) is 0.621. The van der Waals surface area contributed by atoms with E-state index in [0.29, 0.717) is 6.04 Å². The summed E-state index contributed by atoms with van der Waals surface area (Å²) in [5.74, 6) is 0.972. The fourth-order valence-corrected chi connectivity index (χ4v) is 2.11. The molecule has 1 aliphatic rings. The molecule has 0 spiro atoms. The second-order valence-corrected chi connectivity index (χ2v) is 5.19. The van der Waals surface area contributed by atoms with Crippen LogP contribution in [0.1, 0.15) is 46.0 Å². The predicted molar refractivity (Wildman–Crippen MR) is 60.5 cm³/mol. The molecule has 0 bridgehead atoms. The lowest BCUT2D eigenvalue weighted by molar-refractivity contribution is 0.00451. The zero-order valence-corrected chi connectivity index (χ0v) is 10.1. The number of hydrogen-bond donors (Lipinski definition) is 1. The predicted octanol–water partition coefficient (Wildman–Crippen LogP) is 2.58. The van der Waals surface area contributed by atoms with E-state index in [-0.39, 0.29) is 5.60 Å². The van der Waals surface area contributed by atoms with Gasteiger partial charge >= 0.3 is 0 Å². The van der Waals surface area contributed by atoms with E-state index in [1.165, 1.54) is 25.7 Å². The fourth-order valence-electron chi connectivity index (χ4n) is 2.11. The third kappa shape index (κ3) is 3.58. The molecule has 1 N–H and O–H groups in total. The number of nitrogens with one attached hydrogen (secondary N) is 1. The summed E-state index contributed by atoms with van der Waals surface area (Å²) in [5, 5.41) is 3.41. The van der Waals surface area contributed by atoms with Crippen molar-refractivity contribution in [1.29, 1.82) is 0 Å². The van der Waals surface area contributed by atoms with E-state index in [1.54, 1.807) is 7.11 Å². The standard InChI is InChI=1S/C12H25NO/c1-12(2,14-4)9-11(13-3)8-10-6-5-7-10/h10-11,13H,5-9H2,1-4H3. The third-order valence-electron chi connectivity index (χ3n) is 3.54. The van der Waals surface area contributed by atoms with E-state index >= 15 is 0 Å². The molecule has 0 radical (unpaired) electrons. The molecular weight excluding hydrogens is 174 g/mol. The summed E-state index contributed by atoms with van der Waals surface area (Å²) in [5.41, 5.74) is 0.0113. The van der Waals surface area contributed by atoms with Crippen LogP contribution in [0.25, 0.3) is 0 Å². The highest BCUT2D eigenvalue weighted by molar-refractivity contribution is 4.82. The summed E-state index contributed by atoms with van der Waals surface area (Å²) < 4.78 is 5.46. The van der Waals surface area contributed by atoms with E-state index in [9.17, 15) is 0 Å². The van der Waals surface area contributed by atoms with Crippen LogP contribution in [0.2, 0.25) is 0 Å². The van der Waals surface area contributed by atoms with Crippen molar-refractivity contribution < 1.29 is 4.74 Å². The molecule has 2 nitrogen and oxygen atoms in total. The van der Waals surface area contributed by atoms with E-state index in [4.69, 9.17) is 4.74 Å². The van der Waals surface area contributed by atoms with Gasteiger partial charge in [-0.1, -0.05) is 19.3 Å². The molecule has 2 heteroatoms. The summed E-state index contributed by atoms with van der Waals surface area (Å²) in [7, 11) is 3.87. The molecule has 1 saturated carbocycles. The van der Waals surface area contributed by atoms with Crippen molar-refractivity contribution in [2.45, 2.75) is 57.6 Å². The number of methoxy groups -OCH3 is 1. The average molecular weight is 199 g/mol. The molecule has 0 aromatic carbocycles. The van der Waals surface area contributed by atoms with Crippen LogP contribution < -0.4 is 5.32 Å². The van der Waals surface area contributed by atoms with Crippen LogP contribution in [0, 0.1) is 5.92 Å². The summed E-state index contributed by atoms with van der Waals surface area (Å²) in [6.07, 6.45) is 6.74. The van der Waals surface area contributed by atoms with Crippen LogP contribution >= 0.6 is 0 Å². The molecule has 0 aromatic heterocycles. The van der Waals surface area contributed by atoms with E-state index < -0.39 is 0 Å². The summed E-state index contributed by atoms with van der Waals surface area (Å²) in [6.45, 7) is 4.33. The zero-order chi connectivity index (χ0) is 10.6. The van der Waals surface area contributed by atoms with Crippen molar-refractivity contribution in [1.82, 2.24) is 5.32 Å². The Hall–Kier alpha value is -0.0800. The Balaban J connectivity index is 2.29. The Morgan fingerprint density at radius 2 is 2.07 bits per heavy atom. The van der Waals surface area contributed by atoms with Crippen LogP contribution in [0.3, 0.4) is 0 Å². The number of ether oxygens (including phenoxy) is 1. The van der Waals surface area contributed by atoms with Crippen molar-refractivity contribution in [2.24, 2.45) is 5.92 Å². The van der Waals surface area contributed by atoms with Crippen LogP contribution in [0.5, 0.6) is 0 Å². The highest BCUT2D eigenvalue weighted by Gasteiger charge is 2.26. The highest BCUT2D eigenvalue weighted by Crippen LogP contribution is 2.32. The first kappa shape index (κ1) is 12.0. The molecular formula is C12H25NO. The lowest BCUT2D eigenvalue weighted by Gasteiger charge is -2.33. The van der Waals surface area contributed by atoms with E-state index in [2.05, 4.69) is 26.2 Å². The molecule has 0 saturated heterocycles. The largest absolute Gasteiger partial charge is 0.379 e. The average Bonchev–Trinajstić information content (AvgIpc) is 2.09. The Bertz CT molecular complexity index is 164. The van der Waals surface area contributed by atoms with Crippen LogP contribution in [-0.2, 0) is 4.74 Å². The molecule has 0 amide bonds. The van der Waals surface area contributed by atoms with Gasteiger partial charge in [-0.2, -0.15) is 0 Å². The van der Waals surface area contributed by atoms with Gasteiger partial charge in [0.1, 0.15) is 0 Å². The Morgan fingerprint density at radius 1 is 1.43 bits per heavy atom. The maximum Gasteiger partial charge on any atom is 0.0637 e. The molecule has 0 heterocycles. The Kier molecular flexibility index (Phi) is 4.39. The fraction of sp³-hybridized carbons (Fsp3) is 1.00. The molecule has 1 fully saturated rings. The highest BCUT2D eigenvalue weighted by atomic mass is 16.5. The molecule has 84 valence electrons. The molecule has 1 rings (SSSR count). The molecule has 0 aromatic rings. The quantitative estimate of drug-likeness (QED) is 0.710. The van der Waals surface area contributed by atoms with E-state index in [0.717, 1.165) is 12.3 Å². The first-order valence-corrected chi connectivity index (χ1v) is 5.80. The summed E-state index contributed by atoms with van der Waals surface area (Å²) in [4.78, 5) is 0. The van der Waals surface area contributed by atoms with Crippen molar-refractivity contribution in [2.75, 3.05) is 14.2 Å². The van der Waals surface area contributed by atoms with Crippen molar-refractivity contribution in [3.05, 3.63) is 0 Å². The minimum Gasteiger partial charge on any atom is -0.379 e. The SMILES string of the molecule is CNC(CC1CCC1)CC(C)(C)OC. The van der Waals surface area contributed by atoms with E-state index in [1.807, 2.05) is 0 Å². The van der Waals surface area contributed by atoms with Gasteiger partial charge in [0.15, 0.2) is 0 Å². The Labute approximate surface area is 88.4 Å². The normalized spacial score (nSPS) is 20.6. The van der Waals surface area contributed by atoms with Crippen LogP contribution in [0.4, 0.5) is 0 Å². The maximum absolute atomic E-state index is 5.46. The van der Waals surface area contributed by atoms with Crippen LogP contribution in [0.15, 0.2) is 0 Å². The molecule has 1 atom stereocenters. The van der Waals surface area contributed by atoms with Gasteiger partial charge in [0.2, 0.25) is 0 Å². The monoisotopic (exact) mass is 199 g/mol. The third-order valence-corrected chi connectivity index (χ3v) is 3.54. The Morgan fingerprint density at radius 3 is 2.43 bits per heavy atom. The maximum atomic E-state index is 5.46. The molecule has 14 heavy (non-hydrogen) atoms. The molecule has 0 aliphatic heterocycles. The van der Waals surface area contributed by atoms with Gasteiger partial charge in [-0.3, -0.25) is 0 Å². The van der Waals surface area contributed by atoms with Gasteiger partial charge in [0.25, 0.3) is 0 Å². The smallest absolute Gasteiger partial charge is 0.0637 e. The minimum atomic E-state index is 0.0113. The van der Waals surface area contributed by atoms with Gasteiger partial charge in [-0.05, 0) is 39.7 Å². The molecule has 1 unspecified atom stereocenters.